The number of methoxy groups -OCH3 is 1. The Bertz CT molecular complexity index is 1360. The van der Waals surface area contributed by atoms with Crippen molar-refractivity contribution in [2.45, 2.75) is 32.2 Å². The maximum atomic E-state index is 16.2. The molecule has 1 aromatic heterocycles. The van der Waals surface area contributed by atoms with Gasteiger partial charge in [0.2, 0.25) is 5.91 Å². The van der Waals surface area contributed by atoms with Crippen LogP contribution in [0.4, 0.5) is 4.39 Å². The molecule has 1 N–H and O–H groups in total. The molecule has 40 heavy (non-hydrogen) atoms. The third-order valence-electron chi connectivity index (χ3n) is 5.43. The maximum absolute atomic E-state index is 16.2. The van der Waals surface area contributed by atoms with Gasteiger partial charge in [0.25, 0.3) is 0 Å². The lowest BCUT2D eigenvalue weighted by Crippen LogP contribution is -2.35. The van der Waals surface area contributed by atoms with Gasteiger partial charge < -0.3 is 23.5 Å². The van der Waals surface area contributed by atoms with Crippen LogP contribution < -0.4 is 14.3 Å². The summed E-state index contributed by atoms with van der Waals surface area (Å²) in [5.74, 6) is -2.91. The van der Waals surface area contributed by atoms with Crippen LogP contribution >= 0.6 is 18.9 Å². The minimum atomic E-state index is -4.45. The van der Waals surface area contributed by atoms with Crippen molar-refractivity contribution in [2.75, 3.05) is 33.5 Å². The van der Waals surface area contributed by atoms with Gasteiger partial charge in [-0.3, -0.25) is 9.36 Å². The zero-order chi connectivity index (χ0) is 29.1. The Morgan fingerprint density at radius 1 is 1.10 bits per heavy atom. The molecule has 3 aromatic rings. The Hall–Kier alpha value is -3.24. The van der Waals surface area contributed by atoms with Crippen LogP contribution in [0, 0.1) is 0 Å². The van der Waals surface area contributed by atoms with E-state index in [4.69, 9.17) is 23.5 Å². The number of thiophene rings is 1. The summed E-state index contributed by atoms with van der Waals surface area (Å²) in [4.78, 5) is 25.0. The van der Waals surface area contributed by atoms with Crippen LogP contribution in [0.15, 0.2) is 61.2 Å². The Balaban J connectivity index is 1.92. The SMILES string of the molecule is C=CCOC(=O)c1cc2cc(C(F)P(=O)(NC(C)C(=O)OCCC)Oc3cccc(OCCOC)c3)ccc2s1. The summed E-state index contributed by atoms with van der Waals surface area (Å²) in [6, 6.07) is 11.3. The molecule has 0 fully saturated rings. The predicted octanol–water partition coefficient (Wildman–Crippen LogP) is 6.44. The van der Waals surface area contributed by atoms with Crippen molar-refractivity contribution in [1.82, 2.24) is 5.09 Å². The van der Waals surface area contributed by atoms with Gasteiger partial charge in [0.1, 0.15) is 35.6 Å². The summed E-state index contributed by atoms with van der Waals surface area (Å²) in [6.45, 7) is 7.64. The van der Waals surface area contributed by atoms with Gasteiger partial charge in [0.15, 0.2) is 0 Å². The highest BCUT2D eigenvalue weighted by atomic mass is 32.1. The van der Waals surface area contributed by atoms with Crippen molar-refractivity contribution in [3.63, 3.8) is 0 Å². The summed E-state index contributed by atoms with van der Waals surface area (Å²) in [7, 11) is -2.91. The summed E-state index contributed by atoms with van der Waals surface area (Å²) in [5, 5.41) is 3.12. The average molecular weight is 594 g/mol. The molecule has 3 unspecified atom stereocenters. The van der Waals surface area contributed by atoms with Crippen LogP contribution in [0.25, 0.3) is 10.1 Å². The number of alkyl halides is 1. The monoisotopic (exact) mass is 593 g/mol. The van der Waals surface area contributed by atoms with E-state index >= 15 is 4.39 Å². The third kappa shape index (κ3) is 8.38. The summed E-state index contributed by atoms with van der Waals surface area (Å²) < 4.78 is 57.6. The van der Waals surface area contributed by atoms with Crippen molar-refractivity contribution in [2.24, 2.45) is 0 Å². The molecule has 0 aliphatic carbocycles. The highest BCUT2D eigenvalue weighted by molar-refractivity contribution is 7.57. The maximum Gasteiger partial charge on any atom is 0.355 e. The number of ether oxygens (including phenoxy) is 4. The fourth-order valence-electron chi connectivity index (χ4n) is 3.52. The van der Waals surface area contributed by atoms with E-state index in [1.165, 1.54) is 48.6 Å². The minimum Gasteiger partial charge on any atom is -0.491 e. The van der Waals surface area contributed by atoms with E-state index in [0.29, 0.717) is 33.7 Å². The molecule has 9 nitrogen and oxygen atoms in total. The molecule has 1 heterocycles. The molecular formula is C28H33FNO8PS. The molecule has 216 valence electrons. The standard InChI is InChI=1S/C28H33FNO8PS/c1-5-12-36-27(31)19(3)30-39(33,38-23-9-7-8-22(18-23)35-15-14-34-4)26(29)20-10-11-24-21(16-20)17-25(40-24)28(32)37-13-6-2/h6-11,16-19,26H,2,5,12-15H2,1,3-4H3,(H,30,33). The quantitative estimate of drug-likeness (QED) is 0.0868. The van der Waals surface area contributed by atoms with Gasteiger partial charge in [0.05, 0.1) is 13.2 Å². The summed E-state index contributed by atoms with van der Waals surface area (Å²) in [5.41, 5.74) is 0.0359. The Labute approximate surface area is 236 Å². The molecule has 0 spiro atoms. The molecule has 3 atom stereocenters. The lowest BCUT2D eigenvalue weighted by Gasteiger charge is -2.26. The fraction of sp³-hybridized carbons (Fsp3) is 0.357. The normalized spacial score (nSPS) is 14.1. The van der Waals surface area contributed by atoms with Crippen LogP contribution in [-0.4, -0.2) is 51.5 Å². The highest BCUT2D eigenvalue weighted by Crippen LogP contribution is 2.58. The first-order valence-corrected chi connectivity index (χ1v) is 15.1. The highest BCUT2D eigenvalue weighted by Gasteiger charge is 2.41. The number of hydrogen-bond donors (Lipinski definition) is 1. The van der Waals surface area contributed by atoms with E-state index in [-0.39, 0.29) is 31.1 Å². The van der Waals surface area contributed by atoms with Crippen LogP contribution in [0.3, 0.4) is 0 Å². The molecule has 0 bridgehead atoms. The molecule has 0 aliphatic rings. The average Bonchev–Trinajstić information content (AvgIpc) is 3.38. The number of rotatable bonds is 16. The Morgan fingerprint density at radius 3 is 2.60 bits per heavy atom. The number of carbonyl (C=O) groups excluding carboxylic acids is 2. The summed E-state index contributed by atoms with van der Waals surface area (Å²) in [6.07, 6.45) is 2.06. The van der Waals surface area contributed by atoms with Gasteiger partial charge in [-0.2, -0.15) is 0 Å². The zero-order valence-corrected chi connectivity index (χ0v) is 24.3. The van der Waals surface area contributed by atoms with Crippen molar-refractivity contribution in [3.8, 4) is 11.5 Å². The van der Waals surface area contributed by atoms with E-state index in [1.54, 1.807) is 31.4 Å². The van der Waals surface area contributed by atoms with E-state index in [1.807, 2.05) is 6.92 Å². The molecule has 0 saturated carbocycles. The van der Waals surface area contributed by atoms with Gasteiger partial charge in [-0.25, -0.2) is 14.3 Å². The third-order valence-corrected chi connectivity index (χ3v) is 8.65. The van der Waals surface area contributed by atoms with E-state index in [0.717, 1.165) is 0 Å². The molecule has 0 radical (unpaired) electrons. The Kier molecular flexibility index (Phi) is 11.7. The molecular weight excluding hydrogens is 560 g/mol. The lowest BCUT2D eigenvalue weighted by atomic mass is 10.2. The molecule has 12 heteroatoms. The van der Waals surface area contributed by atoms with E-state index in [2.05, 4.69) is 11.7 Å². The number of fused-ring (bicyclic) bond motifs is 1. The van der Waals surface area contributed by atoms with E-state index < -0.39 is 31.4 Å². The van der Waals surface area contributed by atoms with Gasteiger partial charge >= 0.3 is 19.5 Å². The zero-order valence-electron chi connectivity index (χ0n) is 22.6. The van der Waals surface area contributed by atoms with Crippen molar-refractivity contribution in [3.05, 3.63) is 71.6 Å². The number of carbonyl (C=O) groups is 2. The fourth-order valence-corrected chi connectivity index (χ4v) is 6.36. The van der Waals surface area contributed by atoms with Crippen LogP contribution in [-0.2, 0) is 23.6 Å². The first-order chi connectivity index (χ1) is 19.2. The second-order valence-electron chi connectivity index (χ2n) is 8.65. The van der Waals surface area contributed by atoms with Crippen LogP contribution in [0.2, 0.25) is 0 Å². The van der Waals surface area contributed by atoms with Gasteiger partial charge in [-0.1, -0.05) is 31.7 Å². The van der Waals surface area contributed by atoms with Gasteiger partial charge in [-0.05, 0) is 54.6 Å². The topological polar surface area (TPSA) is 109 Å². The molecule has 0 aliphatic heterocycles. The van der Waals surface area contributed by atoms with Crippen molar-refractivity contribution < 1.29 is 42.0 Å². The molecule has 0 amide bonds. The number of benzene rings is 2. The lowest BCUT2D eigenvalue weighted by molar-refractivity contribution is -0.145. The van der Waals surface area contributed by atoms with Gasteiger partial charge in [-0.15, -0.1) is 11.3 Å². The summed E-state index contributed by atoms with van der Waals surface area (Å²) >= 11 is 1.19. The minimum absolute atomic E-state index is 0.0359. The molecule has 3 rings (SSSR count). The largest absolute Gasteiger partial charge is 0.491 e. The number of hydrogen-bond acceptors (Lipinski definition) is 9. The smallest absolute Gasteiger partial charge is 0.355 e. The second kappa shape index (κ2) is 14.9. The number of esters is 2. The van der Waals surface area contributed by atoms with Crippen molar-refractivity contribution >= 4 is 40.9 Å². The first-order valence-electron chi connectivity index (χ1n) is 12.6. The predicted molar refractivity (Wildman–Crippen MR) is 152 cm³/mol. The Morgan fingerprint density at radius 2 is 1.88 bits per heavy atom. The second-order valence-corrected chi connectivity index (χ2v) is 11.8. The van der Waals surface area contributed by atoms with Crippen LogP contribution in [0.5, 0.6) is 11.5 Å². The van der Waals surface area contributed by atoms with E-state index in [9.17, 15) is 14.2 Å². The number of halogens is 1. The van der Waals surface area contributed by atoms with Gasteiger partial charge in [0, 0.05) is 17.9 Å². The molecule has 0 saturated heterocycles. The van der Waals surface area contributed by atoms with Crippen molar-refractivity contribution in [1.29, 1.82) is 0 Å². The first kappa shape index (κ1) is 31.3. The molecule has 2 aromatic carbocycles. The van der Waals surface area contributed by atoms with Crippen LogP contribution in [0.1, 0.15) is 41.4 Å². The number of nitrogens with one attached hydrogen (secondary N) is 1.